The molecule has 1 aromatic carbocycles. The van der Waals surface area contributed by atoms with Gasteiger partial charge in [-0.1, -0.05) is 6.07 Å². The van der Waals surface area contributed by atoms with Gasteiger partial charge in [0.15, 0.2) is 0 Å². The van der Waals surface area contributed by atoms with Gasteiger partial charge in [-0.25, -0.2) is 9.98 Å². The summed E-state index contributed by atoms with van der Waals surface area (Å²) in [6.45, 7) is 9.39. The second-order valence-electron chi connectivity index (χ2n) is 5.44. The summed E-state index contributed by atoms with van der Waals surface area (Å²) < 4.78 is 0. The van der Waals surface area contributed by atoms with Crippen molar-refractivity contribution in [1.29, 1.82) is 0 Å². The third-order valence-corrected chi connectivity index (χ3v) is 4.52. The molecule has 2 aromatic rings. The van der Waals surface area contributed by atoms with Crippen molar-refractivity contribution in [1.82, 2.24) is 9.88 Å². The normalized spacial score (nSPS) is 11.3. The number of benzene rings is 1. The van der Waals surface area contributed by atoms with Crippen LogP contribution in [0.2, 0.25) is 0 Å². The predicted molar refractivity (Wildman–Crippen MR) is 92.0 cm³/mol. The highest BCUT2D eigenvalue weighted by Crippen LogP contribution is 2.25. The molecule has 0 saturated heterocycles. The molecule has 1 heterocycles. The Morgan fingerprint density at radius 3 is 2.62 bits per heavy atom. The van der Waals surface area contributed by atoms with E-state index < -0.39 is 0 Å². The summed E-state index contributed by atoms with van der Waals surface area (Å²) in [5.41, 5.74) is 5.98. The Kier molecular flexibility index (Phi) is 5.12. The van der Waals surface area contributed by atoms with Crippen LogP contribution in [-0.4, -0.2) is 29.8 Å². The summed E-state index contributed by atoms with van der Waals surface area (Å²) in [5, 5.41) is 3.29. The molecule has 0 radical (unpaired) electrons. The molecule has 4 heteroatoms. The summed E-state index contributed by atoms with van der Waals surface area (Å²) in [4.78, 5) is 11.2. The maximum Gasteiger partial charge on any atom is 0.0972 e. The summed E-state index contributed by atoms with van der Waals surface area (Å²) in [7, 11) is 2.03. The summed E-state index contributed by atoms with van der Waals surface area (Å²) >= 11 is 1.73. The highest BCUT2D eigenvalue weighted by atomic mass is 32.1. The van der Waals surface area contributed by atoms with Gasteiger partial charge in [-0.15, -0.1) is 11.3 Å². The quantitative estimate of drug-likeness (QED) is 0.609. The second kappa shape index (κ2) is 6.85. The Morgan fingerprint density at radius 2 is 2.00 bits per heavy atom. The summed E-state index contributed by atoms with van der Waals surface area (Å²) in [6, 6.07) is 4.41. The summed E-state index contributed by atoms with van der Waals surface area (Å²) in [6.07, 6.45) is 2.80. The van der Waals surface area contributed by atoms with Gasteiger partial charge in [-0.05, 0) is 50.5 Å². The fraction of sp³-hybridized carbons (Fsp3) is 0.412. The average Bonchev–Trinajstić information content (AvgIpc) is 2.86. The fourth-order valence-electron chi connectivity index (χ4n) is 2.08. The molecule has 0 fully saturated rings. The third kappa shape index (κ3) is 4.14. The van der Waals surface area contributed by atoms with Crippen LogP contribution in [0.1, 0.15) is 34.3 Å². The smallest absolute Gasteiger partial charge is 0.0972 e. The third-order valence-electron chi connectivity index (χ3n) is 3.56. The van der Waals surface area contributed by atoms with Gasteiger partial charge >= 0.3 is 0 Å². The van der Waals surface area contributed by atoms with E-state index in [1.54, 1.807) is 11.3 Å². The minimum absolute atomic E-state index is 0.907. The Labute approximate surface area is 131 Å². The maximum atomic E-state index is 4.58. The van der Waals surface area contributed by atoms with E-state index in [-0.39, 0.29) is 0 Å². The zero-order valence-electron chi connectivity index (χ0n) is 13.5. The standard InChI is InChI=1S/C17H23N3S/c1-6-20(5)11-18-16-8-12(2)15(7-13(16)3)9-17-19-14(4)10-21-17/h7-8,10-11H,6,9H2,1-5H3/b18-11+. The van der Waals surface area contributed by atoms with Crippen LogP contribution in [0.4, 0.5) is 5.69 Å². The van der Waals surface area contributed by atoms with Crippen molar-refractivity contribution in [3.05, 3.63) is 44.9 Å². The number of nitrogens with zero attached hydrogens (tertiary/aromatic N) is 3. The first-order chi connectivity index (χ1) is 9.99. The van der Waals surface area contributed by atoms with Crippen LogP contribution < -0.4 is 0 Å². The monoisotopic (exact) mass is 301 g/mol. The molecular formula is C17H23N3S. The van der Waals surface area contributed by atoms with E-state index in [0.717, 1.165) is 24.3 Å². The van der Waals surface area contributed by atoms with Crippen molar-refractivity contribution >= 4 is 23.4 Å². The van der Waals surface area contributed by atoms with Crippen molar-refractivity contribution in [3.63, 3.8) is 0 Å². The van der Waals surface area contributed by atoms with E-state index in [2.05, 4.69) is 53.2 Å². The van der Waals surface area contributed by atoms with E-state index in [9.17, 15) is 0 Å². The van der Waals surface area contributed by atoms with Crippen molar-refractivity contribution in [2.24, 2.45) is 4.99 Å². The lowest BCUT2D eigenvalue weighted by atomic mass is 10.0. The molecule has 0 aliphatic rings. The van der Waals surface area contributed by atoms with Crippen molar-refractivity contribution < 1.29 is 0 Å². The fourth-order valence-corrected chi connectivity index (χ4v) is 2.87. The topological polar surface area (TPSA) is 28.5 Å². The van der Waals surface area contributed by atoms with Gasteiger partial charge in [-0.3, -0.25) is 0 Å². The van der Waals surface area contributed by atoms with E-state index in [4.69, 9.17) is 0 Å². The minimum Gasteiger partial charge on any atom is -0.366 e. The number of thiazole rings is 1. The lowest BCUT2D eigenvalue weighted by Gasteiger charge is -2.11. The first kappa shape index (κ1) is 15.7. The Hall–Kier alpha value is -1.68. The molecular weight excluding hydrogens is 278 g/mol. The first-order valence-corrected chi connectivity index (χ1v) is 8.13. The molecule has 2 rings (SSSR count). The number of hydrogen-bond acceptors (Lipinski definition) is 3. The predicted octanol–water partition coefficient (Wildman–Crippen LogP) is 4.27. The number of aryl methyl sites for hydroxylation is 3. The molecule has 0 atom stereocenters. The van der Waals surface area contributed by atoms with E-state index in [1.807, 2.05) is 20.3 Å². The second-order valence-corrected chi connectivity index (χ2v) is 6.39. The van der Waals surface area contributed by atoms with Crippen molar-refractivity contribution in [2.75, 3.05) is 13.6 Å². The number of hydrogen-bond donors (Lipinski definition) is 0. The van der Waals surface area contributed by atoms with Crippen LogP contribution in [0.3, 0.4) is 0 Å². The van der Waals surface area contributed by atoms with Crippen LogP contribution in [0.15, 0.2) is 22.5 Å². The van der Waals surface area contributed by atoms with E-state index >= 15 is 0 Å². The van der Waals surface area contributed by atoms with Gasteiger partial charge in [0.25, 0.3) is 0 Å². The van der Waals surface area contributed by atoms with Gasteiger partial charge in [0.1, 0.15) is 0 Å². The molecule has 0 saturated carbocycles. The molecule has 0 N–H and O–H groups in total. The molecule has 21 heavy (non-hydrogen) atoms. The average molecular weight is 301 g/mol. The molecule has 0 unspecified atom stereocenters. The minimum atomic E-state index is 0.907. The molecule has 112 valence electrons. The molecule has 3 nitrogen and oxygen atoms in total. The van der Waals surface area contributed by atoms with E-state index in [0.29, 0.717) is 0 Å². The van der Waals surface area contributed by atoms with Gasteiger partial charge in [0, 0.05) is 31.1 Å². The molecule has 1 aromatic heterocycles. The van der Waals surface area contributed by atoms with Crippen LogP contribution in [0.25, 0.3) is 0 Å². The summed E-state index contributed by atoms with van der Waals surface area (Å²) in [5.74, 6) is 0. The molecule has 0 bridgehead atoms. The highest BCUT2D eigenvalue weighted by Gasteiger charge is 2.07. The number of aromatic nitrogens is 1. The zero-order chi connectivity index (χ0) is 15.4. The molecule has 0 aliphatic carbocycles. The largest absolute Gasteiger partial charge is 0.366 e. The van der Waals surface area contributed by atoms with Gasteiger partial charge < -0.3 is 4.90 Å². The Bertz CT molecular complexity index is 643. The Balaban J connectivity index is 2.22. The first-order valence-electron chi connectivity index (χ1n) is 7.25. The van der Waals surface area contributed by atoms with Gasteiger partial charge in [0.2, 0.25) is 0 Å². The number of rotatable bonds is 5. The van der Waals surface area contributed by atoms with Gasteiger partial charge in [0.05, 0.1) is 17.0 Å². The lowest BCUT2D eigenvalue weighted by Crippen LogP contribution is -2.14. The van der Waals surface area contributed by atoms with E-state index in [1.165, 1.54) is 21.7 Å². The maximum absolute atomic E-state index is 4.58. The van der Waals surface area contributed by atoms with Gasteiger partial charge in [-0.2, -0.15) is 0 Å². The molecule has 0 amide bonds. The number of aliphatic imine (C=N–C) groups is 1. The SMILES string of the molecule is CCN(C)/C=N/c1cc(C)c(Cc2nc(C)cs2)cc1C. The lowest BCUT2D eigenvalue weighted by molar-refractivity contribution is 0.552. The molecule has 0 aliphatic heterocycles. The van der Waals surface area contributed by atoms with Crippen LogP contribution in [-0.2, 0) is 6.42 Å². The van der Waals surface area contributed by atoms with Crippen LogP contribution in [0.5, 0.6) is 0 Å². The molecule has 0 spiro atoms. The van der Waals surface area contributed by atoms with Crippen molar-refractivity contribution in [3.8, 4) is 0 Å². The highest BCUT2D eigenvalue weighted by molar-refractivity contribution is 7.09. The zero-order valence-corrected chi connectivity index (χ0v) is 14.3. The van der Waals surface area contributed by atoms with Crippen molar-refractivity contribution in [2.45, 2.75) is 34.1 Å². The van der Waals surface area contributed by atoms with Crippen LogP contribution in [0, 0.1) is 20.8 Å². The van der Waals surface area contributed by atoms with Crippen LogP contribution >= 0.6 is 11.3 Å². The Morgan fingerprint density at radius 1 is 1.24 bits per heavy atom.